The lowest BCUT2D eigenvalue weighted by Crippen LogP contribution is -3.16. The van der Waals surface area contributed by atoms with Crippen molar-refractivity contribution < 1.29 is 19.2 Å². The molecule has 1 aromatic rings. The molecule has 1 fully saturated rings. The lowest BCUT2D eigenvalue weighted by molar-refractivity contribution is -0.928. The Kier molecular flexibility index (Phi) is 8.25. The number of benzene rings is 1. The maximum absolute atomic E-state index is 11.8. The van der Waals surface area contributed by atoms with E-state index in [9.17, 15) is 9.59 Å². The van der Waals surface area contributed by atoms with Gasteiger partial charge in [-0.15, -0.1) is 0 Å². The van der Waals surface area contributed by atoms with Gasteiger partial charge >= 0.3 is 0 Å². The molecule has 2 amide bonds. The van der Waals surface area contributed by atoms with Gasteiger partial charge in [0.25, 0.3) is 5.91 Å². The number of likely N-dealkylation sites (tertiary alicyclic amines) is 1. The van der Waals surface area contributed by atoms with Crippen LogP contribution in [0.4, 0.5) is 0 Å². The van der Waals surface area contributed by atoms with Crippen LogP contribution in [0.15, 0.2) is 30.3 Å². The second-order valence-corrected chi connectivity index (χ2v) is 6.64. The van der Waals surface area contributed by atoms with Gasteiger partial charge in [-0.3, -0.25) is 9.59 Å². The maximum Gasteiger partial charge on any atom is 0.258 e. The highest BCUT2D eigenvalue weighted by Crippen LogP contribution is 2.07. The zero-order valence-electron chi connectivity index (χ0n) is 15.1. The molecular weight excluding hydrogens is 318 g/mol. The third-order valence-electron chi connectivity index (χ3n) is 4.64. The van der Waals surface area contributed by atoms with Crippen LogP contribution < -0.4 is 20.3 Å². The van der Waals surface area contributed by atoms with E-state index < -0.39 is 0 Å². The molecule has 0 saturated carbocycles. The molecular formula is C19H30N3O3+. The van der Waals surface area contributed by atoms with Crippen molar-refractivity contribution in [1.82, 2.24) is 10.6 Å². The molecule has 138 valence electrons. The van der Waals surface area contributed by atoms with Crippen molar-refractivity contribution >= 4 is 11.8 Å². The fourth-order valence-corrected chi connectivity index (χ4v) is 3.13. The number of rotatable bonds is 9. The number of nitrogens with one attached hydrogen (secondary N) is 3. The molecule has 3 N–H and O–H groups in total. The van der Waals surface area contributed by atoms with Crippen LogP contribution >= 0.6 is 0 Å². The molecule has 0 radical (unpaired) electrons. The lowest BCUT2D eigenvalue weighted by Gasteiger charge is -2.30. The number of hydrogen-bond donors (Lipinski definition) is 3. The second kappa shape index (κ2) is 10.7. The highest BCUT2D eigenvalue weighted by atomic mass is 16.5. The average molecular weight is 348 g/mol. The van der Waals surface area contributed by atoms with Gasteiger partial charge in [0.2, 0.25) is 5.91 Å². The van der Waals surface area contributed by atoms with Crippen LogP contribution in [-0.2, 0) is 9.59 Å². The fourth-order valence-electron chi connectivity index (χ4n) is 3.13. The molecule has 0 aliphatic carbocycles. The van der Waals surface area contributed by atoms with Gasteiger partial charge < -0.3 is 20.3 Å². The van der Waals surface area contributed by atoms with Crippen molar-refractivity contribution in [3.8, 4) is 5.75 Å². The smallest absolute Gasteiger partial charge is 0.258 e. The summed E-state index contributed by atoms with van der Waals surface area (Å²) < 4.78 is 5.33. The number of amides is 2. The second-order valence-electron chi connectivity index (χ2n) is 6.64. The molecule has 2 atom stereocenters. The zero-order valence-corrected chi connectivity index (χ0v) is 15.1. The van der Waals surface area contributed by atoms with Crippen LogP contribution in [0.3, 0.4) is 0 Å². The molecule has 0 bridgehead atoms. The highest BCUT2D eigenvalue weighted by molar-refractivity contribution is 5.85. The van der Waals surface area contributed by atoms with Gasteiger partial charge in [-0.05, 0) is 38.3 Å². The minimum absolute atomic E-state index is 0.00996. The number of quaternary nitrogens is 1. The van der Waals surface area contributed by atoms with Crippen molar-refractivity contribution in [3.63, 3.8) is 0 Å². The summed E-state index contributed by atoms with van der Waals surface area (Å²) in [6, 6.07) is 9.86. The number of piperidine rings is 1. The normalized spacial score (nSPS) is 19.9. The molecule has 2 rings (SSSR count). The predicted molar refractivity (Wildman–Crippen MR) is 96.6 cm³/mol. The van der Waals surface area contributed by atoms with Crippen molar-refractivity contribution in [3.05, 3.63) is 30.3 Å². The first-order valence-electron chi connectivity index (χ1n) is 9.21. The molecule has 6 nitrogen and oxygen atoms in total. The van der Waals surface area contributed by atoms with Crippen LogP contribution in [0.1, 0.15) is 32.6 Å². The number of hydrogen-bond acceptors (Lipinski definition) is 3. The SMILES string of the molecule is C[C@H]1CCCC[NH+]1CCCNC(=O)CNC(=O)COc1ccccc1. The molecule has 1 saturated heterocycles. The van der Waals surface area contributed by atoms with E-state index in [1.807, 2.05) is 18.2 Å². The van der Waals surface area contributed by atoms with E-state index >= 15 is 0 Å². The summed E-state index contributed by atoms with van der Waals surface area (Å²) in [5, 5.41) is 5.43. The maximum atomic E-state index is 11.8. The summed E-state index contributed by atoms with van der Waals surface area (Å²) in [4.78, 5) is 25.1. The van der Waals surface area contributed by atoms with Gasteiger partial charge in [-0.1, -0.05) is 18.2 Å². The third-order valence-corrected chi connectivity index (χ3v) is 4.64. The van der Waals surface area contributed by atoms with E-state index in [1.165, 1.54) is 25.8 Å². The third kappa shape index (κ3) is 7.56. The predicted octanol–water partition coefficient (Wildman–Crippen LogP) is 0.145. The quantitative estimate of drug-likeness (QED) is 0.556. The Balaban J connectivity index is 1.51. The first-order chi connectivity index (χ1) is 12.1. The van der Waals surface area contributed by atoms with E-state index in [2.05, 4.69) is 17.6 Å². The summed E-state index contributed by atoms with van der Waals surface area (Å²) in [7, 11) is 0. The zero-order chi connectivity index (χ0) is 17.9. The Hall–Kier alpha value is -2.08. The first-order valence-corrected chi connectivity index (χ1v) is 9.21. The summed E-state index contributed by atoms with van der Waals surface area (Å²) in [6.45, 7) is 5.20. The largest absolute Gasteiger partial charge is 0.484 e. The standard InChI is InChI=1S/C19H29N3O3/c1-16-8-5-6-12-22(16)13-7-11-20-18(23)14-21-19(24)15-25-17-9-3-2-4-10-17/h2-4,9-10,16H,5-8,11-15H2,1H3,(H,20,23)(H,21,24)/p+1/t16-/m0/s1. The van der Waals surface area contributed by atoms with E-state index in [1.54, 1.807) is 17.0 Å². The van der Waals surface area contributed by atoms with Crippen molar-refractivity contribution in [2.75, 3.05) is 32.8 Å². The highest BCUT2D eigenvalue weighted by Gasteiger charge is 2.20. The number of para-hydroxylation sites is 1. The van der Waals surface area contributed by atoms with Gasteiger partial charge in [0.1, 0.15) is 5.75 Å². The summed E-state index contributed by atoms with van der Waals surface area (Å²) in [5.41, 5.74) is 0. The minimum Gasteiger partial charge on any atom is -0.484 e. The van der Waals surface area contributed by atoms with Crippen LogP contribution in [0, 0.1) is 0 Å². The molecule has 0 aromatic heterocycles. The van der Waals surface area contributed by atoms with Crippen LogP contribution in [-0.4, -0.2) is 50.6 Å². The number of carbonyl (C=O) groups excluding carboxylic acids is 2. The topological polar surface area (TPSA) is 71.9 Å². The summed E-state index contributed by atoms with van der Waals surface area (Å²) >= 11 is 0. The molecule has 1 aliphatic rings. The van der Waals surface area contributed by atoms with E-state index in [0.717, 1.165) is 19.0 Å². The first kappa shape index (κ1) is 19.2. The summed E-state index contributed by atoms with van der Waals surface area (Å²) in [6.07, 6.45) is 4.92. The van der Waals surface area contributed by atoms with Gasteiger partial charge in [-0.25, -0.2) is 0 Å². The Morgan fingerprint density at radius 2 is 1.96 bits per heavy atom. The number of ether oxygens (including phenoxy) is 1. The Morgan fingerprint density at radius 1 is 1.16 bits per heavy atom. The van der Waals surface area contributed by atoms with Gasteiger partial charge in [0.05, 0.1) is 25.7 Å². The summed E-state index contributed by atoms with van der Waals surface area (Å²) in [5.74, 6) is 0.178. The number of carbonyl (C=O) groups is 2. The molecule has 1 heterocycles. The van der Waals surface area contributed by atoms with Gasteiger partial charge in [-0.2, -0.15) is 0 Å². The van der Waals surface area contributed by atoms with E-state index in [-0.39, 0.29) is 25.0 Å². The Bertz CT molecular complexity index is 536. The van der Waals surface area contributed by atoms with E-state index in [0.29, 0.717) is 12.3 Å². The minimum atomic E-state index is -0.300. The molecule has 0 spiro atoms. The van der Waals surface area contributed by atoms with Crippen LogP contribution in [0.2, 0.25) is 0 Å². The van der Waals surface area contributed by atoms with Crippen molar-refractivity contribution in [2.45, 2.75) is 38.6 Å². The van der Waals surface area contributed by atoms with Crippen molar-refractivity contribution in [1.29, 1.82) is 0 Å². The molecule has 25 heavy (non-hydrogen) atoms. The molecule has 1 aromatic carbocycles. The monoisotopic (exact) mass is 348 g/mol. The van der Waals surface area contributed by atoms with Gasteiger partial charge in [0, 0.05) is 13.0 Å². The Labute approximate surface area is 149 Å². The Morgan fingerprint density at radius 3 is 2.72 bits per heavy atom. The van der Waals surface area contributed by atoms with E-state index in [4.69, 9.17) is 4.74 Å². The molecule has 1 aliphatic heterocycles. The fraction of sp³-hybridized carbons (Fsp3) is 0.579. The van der Waals surface area contributed by atoms with Gasteiger partial charge in [0.15, 0.2) is 6.61 Å². The van der Waals surface area contributed by atoms with Crippen LogP contribution in [0.5, 0.6) is 5.75 Å². The lowest BCUT2D eigenvalue weighted by atomic mass is 10.0. The van der Waals surface area contributed by atoms with Crippen LogP contribution in [0.25, 0.3) is 0 Å². The molecule has 1 unspecified atom stereocenters. The molecule has 6 heteroatoms. The van der Waals surface area contributed by atoms with Crippen molar-refractivity contribution in [2.24, 2.45) is 0 Å². The average Bonchev–Trinajstić information content (AvgIpc) is 2.64.